The fourth-order valence-corrected chi connectivity index (χ4v) is 1.39. The van der Waals surface area contributed by atoms with E-state index in [0.29, 0.717) is 0 Å². The molecule has 0 fully saturated rings. The first-order valence-electron chi connectivity index (χ1n) is 4.13. The third-order valence-corrected chi connectivity index (χ3v) is 1.95. The van der Waals surface area contributed by atoms with Gasteiger partial charge in [0, 0.05) is 5.39 Å². The number of hydrogen-bond donors (Lipinski definition) is 1. The molecule has 0 saturated carbocycles. The number of nitrogens with zero attached hydrogens (tertiary/aromatic N) is 1. The van der Waals surface area contributed by atoms with Crippen LogP contribution in [0, 0.1) is 0 Å². The van der Waals surface area contributed by atoms with Gasteiger partial charge in [-0.25, -0.2) is 0 Å². The summed E-state index contributed by atoms with van der Waals surface area (Å²) in [5, 5.41) is 3.77. The average molecular weight is 202 g/mol. The predicted octanol–water partition coefficient (Wildman–Crippen LogP) is 2.21. The molecule has 1 radical (unpaired) electrons. The Labute approximate surface area is 86.9 Å². The molecule has 2 N–H and O–H groups in total. The summed E-state index contributed by atoms with van der Waals surface area (Å²) >= 11 is 4.63. The predicted molar refractivity (Wildman–Crippen MR) is 61.1 cm³/mol. The molecule has 0 atom stereocenters. The second kappa shape index (κ2) is 3.59. The Kier molecular flexibility index (Phi) is 2.28. The van der Waals surface area contributed by atoms with Crippen molar-refractivity contribution in [2.24, 2.45) is 0 Å². The first-order chi connectivity index (χ1) is 6.75. The van der Waals surface area contributed by atoms with Crippen LogP contribution in [-0.2, 0) is 0 Å². The molecule has 2 rings (SSSR count). The van der Waals surface area contributed by atoms with Crippen molar-refractivity contribution in [2.75, 3.05) is 5.32 Å². The maximum Gasteiger partial charge on any atom is 0.189 e. The molecule has 0 unspecified atom stereocenters. The number of anilines is 1. The largest absolute Gasteiger partial charge is 0.330 e. The molecule has 0 aliphatic rings. The van der Waals surface area contributed by atoms with Gasteiger partial charge in [-0.1, -0.05) is 18.2 Å². The van der Waals surface area contributed by atoms with Gasteiger partial charge in [-0.3, -0.25) is 10.7 Å². The normalized spacial score (nSPS) is 10.0. The number of aromatic nitrogens is 1. The van der Waals surface area contributed by atoms with Crippen LogP contribution in [0.1, 0.15) is 0 Å². The highest BCUT2D eigenvalue weighted by molar-refractivity contribution is 7.80. The minimum Gasteiger partial charge on any atom is -0.330 e. The number of para-hydroxylation sites is 1. The Bertz CT molecular complexity index is 482. The third kappa shape index (κ3) is 1.80. The molecule has 4 heteroatoms. The second-order valence-corrected chi connectivity index (χ2v) is 3.28. The van der Waals surface area contributed by atoms with E-state index in [9.17, 15) is 0 Å². The molecule has 69 valence electrons. The van der Waals surface area contributed by atoms with Gasteiger partial charge in [0.2, 0.25) is 0 Å². The maximum atomic E-state index is 7.12. The average Bonchev–Trinajstić information content (AvgIpc) is 2.17. The van der Waals surface area contributed by atoms with Gasteiger partial charge in [0.05, 0.1) is 17.4 Å². The van der Waals surface area contributed by atoms with Crippen LogP contribution in [-0.4, -0.2) is 10.1 Å². The van der Waals surface area contributed by atoms with Crippen molar-refractivity contribution >= 4 is 33.9 Å². The Morgan fingerprint density at radius 3 is 2.93 bits per heavy atom. The summed E-state index contributed by atoms with van der Waals surface area (Å²) in [6, 6.07) is 9.73. The zero-order chi connectivity index (χ0) is 9.97. The van der Waals surface area contributed by atoms with E-state index >= 15 is 0 Å². The highest BCUT2D eigenvalue weighted by Crippen LogP contribution is 2.15. The van der Waals surface area contributed by atoms with Crippen LogP contribution >= 0.6 is 12.2 Å². The van der Waals surface area contributed by atoms with Gasteiger partial charge in [0.25, 0.3) is 0 Å². The summed E-state index contributed by atoms with van der Waals surface area (Å²) in [7, 11) is 0. The van der Waals surface area contributed by atoms with Crippen LogP contribution in [0.25, 0.3) is 10.9 Å². The van der Waals surface area contributed by atoms with Crippen molar-refractivity contribution in [3.8, 4) is 0 Å². The van der Waals surface area contributed by atoms with Gasteiger partial charge < -0.3 is 5.32 Å². The highest BCUT2D eigenvalue weighted by Gasteiger charge is 1.97. The quantitative estimate of drug-likeness (QED) is 0.721. The van der Waals surface area contributed by atoms with Crippen LogP contribution in [0.15, 0.2) is 36.5 Å². The van der Waals surface area contributed by atoms with Crippen LogP contribution < -0.4 is 11.1 Å². The summed E-state index contributed by atoms with van der Waals surface area (Å²) in [5.74, 6) is 0. The fraction of sp³-hybridized carbons (Fsp3) is 0. The molecule has 1 aromatic heterocycles. The van der Waals surface area contributed by atoms with Gasteiger partial charge in [0.1, 0.15) is 0 Å². The van der Waals surface area contributed by atoms with Crippen LogP contribution in [0.3, 0.4) is 0 Å². The van der Waals surface area contributed by atoms with Crippen molar-refractivity contribution in [1.82, 2.24) is 10.7 Å². The van der Waals surface area contributed by atoms with Gasteiger partial charge >= 0.3 is 0 Å². The number of rotatable bonds is 1. The first-order valence-corrected chi connectivity index (χ1v) is 4.54. The monoisotopic (exact) mass is 202 g/mol. The van der Waals surface area contributed by atoms with E-state index in [1.165, 1.54) is 0 Å². The van der Waals surface area contributed by atoms with Crippen molar-refractivity contribution < 1.29 is 0 Å². The van der Waals surface area contributed by atoms with Crippen molar-refractivity contribution in [1.29, 1.82) is 0 Å². The molecule has 0 aliphatic heterocycles. The van der Waals surface area contributed by atoms with Crippen molar-refractivity contribution in [2.45, 2.75) is 0 Å². The van der Waals surface area contributed by atoms with E-state index in [-0.39, 0.29) is 5.11 Å². The Morgan fingerprint density at radius 1 is 1.36 bits per heavy atom. The van der Waals surface area contributed by atoms with E-state index in [2.05, 4.69) is 22.5 Å². The van der Waals surface area contributed by atoms with Gasteiger partial charge in [-0.05, 0) is 24.4 Å². The van der Waals surface area contributed by atoms with Crippen LogP contribution in [0.2, 0.25) is 0 Å². The number of nitrogens with one attached hydrogen (secondary N) is 2. The van der Waals surface area contributed by atoms with E-state index in [0.717, 1.165) is 16.6 Å². The molecular formula is C10H8N3S. The lowest BCUT2D eigenvalue weighted by Gasteiger charge is -2.03. The zero-order valence-corrected chi connectivity index (χ0v) is 8.14. The number of benzene rings is 1. The minimum atomic E-state index is 0.00193. The van der Waals surface area contributed by atoms with Gasteiger partial charge in [-0.2, -0.15) is 0 Å². The van der Waals surface area contributed by atoms with Crippen LogP contribution in [0.5, 0.6) is 0 Å². The fourth-order valence-electron chi connectivity index (χ4n) is 1.27. The molecule has 2 aromatic rings. The van der Waals surface area contributed by atoms with Crippen molar-refractivity contribution in [3.05, 3.63) is 36.5 Å². The molecule has 3 nitrogen and oxygen atoms in total. The lowest BCUT2D eigenvalue weighted by molar-refractivity contribution is 1.40. The number of thiocarbonyl (C=S) groups is 1. The Balaban J connectivity index is 2.46. The molecule has 1 heterocycles. The van der Waals surface area contributed by atoms with E-state index in [1.807, 2.05) is 30.3 Å². The van der Waals surface area contributed by atoms with Crippen molar-refractivity contribution in [3.63, 3.8) is 0 Å². The summed E-state index contributed by atoms with van der Waals surface area (Å²) in [6.45, 7) is 0. The summed E-state index contributed by atoms with van der Waals surface area (Å²) in [5.41, 5.74) is 8.81. The lowest BCUT2D eigenvalue weighted by atomic mass is 10.2. The van der Waals surface area contributed by atoms with E-state index in [1.54, 1.807) is 6.20 Å². The van der Waals surface area contributed by atoms with Crippen LogP contribution in [0.4, 0.5) is 5.69 Å². The second-order valence-electron chi connectivity index (χ2n) is 2.87. The first kappa shape index (κ1) is 8.90. The summed E-state index contributed by atoms with van der Waals surface area (Å²) in [6.07, 6.45) is 1.67. The number of fused-ring (bicyclic) bond motifs is 1. The molecule has 0 saturated heterocycles. The molecule has 0 aliphatic carbocycles. The van der Waals surface area contributed by atoms with E-state index < -0.39 is 0 Å². The van der Waals surface area contributed by atoms with Gasteiger partial charge in [-0.15, -0.1) is 0 Å². The maximum absolute atomic E-state index is 7.12. The minimum absolute atomic E-state index is 0.00193. The molecule has 0 amide bonds. The SMILES string of the molecule is [NH]C(=S)Nc1cnc2ccccc2c1. The summed E-state index contributed by atoms with van der Waals surface area (Å²) < 4.78 is 0. The third-order valence-electron chi connectivity index (χ3n) is 1.85. The topological polar surface area (TPSA) is 48.7 Å². The zero-order valence-electron chi connectivity index (χ0n) is 7.32. The Morgan fingerprint density at radius 2 is 2.14 bits per heavy atom. The number of pyridine rings is 1. The van der Waals surface area contributed by atoms with E-state index in [4.69, 9.17) is 5.73 Å². The molecular weight excluding hydrogens is 194 g/mol. The summed E-state index contributed by atoms with van der Waals surface area (Å²) in [4.78, 5) is 4.23. The van der Waals surface area contributed by atoms with Gasteiger partial charge in [0.15, 0.2) is 5.11 Å². The molecule has 0 spiro atoms. The smallest absolute Gasteiger partial charge is 0.189 e. The number of hydrogen-bond acceptors (Lipinski definition) is 2. The standard InChI is InChI=1S/C10H8N3S/c11-10(14)13-8-5-7-3-1-2-4-9(7)12-6-8/h1-6,11H,(H,13,14). The Hall–Kier alpha value is -1.68. The molecule has 0 bridgehead atoms. The lowest BCUT2D eigenvalue weighted by Crippen LogP contribution is -2.08. The molecule has 1 aromatic carbocycles. The highest BCUT2D eigenvalue weighted by atomic mass is 32.1. The molecule has 14 heavy (non-hydrogen) atoms.